The van der Waals surface area contributed by atoms with Gasteiger partial charge in [-0.05, 0) is 24.3 Å². The van der Waals surface area contributed by atoms with E-state index in [1.807, 2.05) is 0 Å². The number of halogens is 2. The van der Waals surface area contributed by atoms with Crippen molar-refractivity contribution in [1.29, 1.82) is 0 Å². The van der Waals surface area contributed by atoms with Gasteiger partial charge in [0.05, 0.1) is 23.1 Å². The van der Waals surface area contributed by atoms with Crippen LogP contribution in [0.25, 0.3) is 10.9 Å². The molecule has 0 radical (unpaired) electrons. The maximum atomic E-state index is 13.5. The van der Waals surface area contributed by atoms with E-state index in [0.717, 1.165) is 6.07 Å². The summed E-state index contributed by atoms with van der Waals surface area (Å²) in [4.78, 5) is 18.8. The molecule has 0 amide bonds. The molecule has 0 saturated heterocycles. The van der Waals surface area contributed by atoms with Crippen molar-refractivity contribution in [2.45, 2.75) is 6.54 Å². The van der Waals surface area contributed by atoms with Gasteiger partial charge in [-0.25, -0.2) is 13.8 Å². The van der Waals surface area contributed by atoms with Crippen molar-refractivity contribution in [3.63, 3.8) is 0 Å². The number of anilines is 1. The number of aromatic nitrogens is 2. The molecule has 6 heteroatoms. The number of hydrogen-bond donors (Lipinski definition) is 2. The molecular formula is C15H11F2N3O. The van der Waals surface area contributed by atoms with Crippen molar-refractivity contribution in [3.05, 3.63) is 70.3 Å². The Bertz CT molecular complexity index is 861. The quantitative estimate of drug-likeness (QED) is 0.778. The molecule has 1 aromatic heterocycles. The number of H-pyrrole nitrogens is 1. The third-order valence-electron chi connectivity index (χ3n) is 3.06. The van der Waals surface area contributed by atoms with Crippen molar-refractivity contribution >= 4 is 16.6 Å². The van der Waals surface area contributed by atoms with E-state index in [-0.39, 0.29) is 17.8 Å². The van der Waals surface area contributed by atoms with E-state index in [1.165, 1.54) is 12.1 Å². The van der Waals surface area contributed by atoms with E-state index in [9.17, 15) is 13.6 Å². The smallest absolute Gasteiger partial charge is 0.258 e. The first-order valence-electron chi connectivity index (χ1n) is 6.31. The van der Waals surface area contributed by atoms with Gasteiger partial charge in [-0.2, -0.15) is 0 Å². The first-order valence-corrected chi connectivity index (χ1v) is 6.31. The number of nitrogens with one attached hydrogen (secondary N) is 2. The molecule has 0 saturated carbocycles. The lowest BCUT2D eigenvalue weighted by molar-refractivity contribution is 0.511. The maximum absolute atomic E-state index is 13.5. The Morgan fingerprint density at radius 3 is 2.76 bits per heavy atom. The van der Waals surface area contributed by atoms with E-state index in [0.29, 0.717) is 16.7 Å². The van der Waals surface area contributed by atoms with Crippen LogP contribution in [0.4, 0.5) is 14.5 Å². The Labute approximate surface area is 118 Å². The fourth-order valence-electron chi connectivity index (χ4n) is 2.04. The summed E-state index contributed by atoms with van der Waals surface area (Å²) in [6.07, 6.45) is 0. The molecule has 2 aromatic carbocycles. The summed E-state index contributed by atoms with van der Waals surface area (Å²) in [7, 11) is 0. The summed E-state index contributed by atoms with van der Waals surface area (Å²) >= 11 is 0. The summed E-state index contributed by atoms with van der Waals surface area (Å²) < 4.78 is 26.6. The normalized spacial score (nSPS) is 10.8. The number of hydrogen-bond acceptors (Lipinski definition) is 3. The third-order valence-corrected chi connectivity index (χ3v) is 3.06. The standard InChI is InChI=1S/C15H11F2N3O/c16-10-5-3-7-12(14(10)17)18-8-13-19-11-6-2-1-4-9(11)15(21)20-13/h1-7,18H,8H2,(H,19,20,21). The van der Waals surface area contributed by atoms with Gasteiger partial charge in [0.25, 0.3) is 5.56 Å². The fourth-order valence-corrected chi connectivity index (χ4v) is 2.04. The Hall–Kier alpha value is -2.76. The number of aromatic amines is 1. The molecule has 0 aliphatic rings. The minimum Gasteiger partial charge on any atom is -0.375 e. The van der Waals surface area contributed by atoms with Crippen molar-refractivity contribution in [1.82, 2.24) is 9.97 Å². The molecule has 3 aromatic rings. The highest BCUT2D eigenvalue weighted by Gasteiger charge is 2.08. The lowest BCUT2D eigenvalue weighted by atomic mass is 10.2. The van der Waals surface area contributed by atoms with Crippen LogP contribution in [0.3, 0.4) is 0 Å². The van der Waals surface area contributed by atoms with Crippen LogP contribution in [-0.2, 0) is 6.54 Å². The van der Waals surface area contributed by atoms with E-state index in [4.69, 9.17) is 0 Å². The van der Waals surface area contributed by atoms with Crippen molar-refractivity contribution in [2.24, 2.45) is 0 Å². The van der Waals surface area contributed by atoms with Gasteiger partial charge < -0.3 is 10.3 Å². The second-order valence-corrected chi connectivity index (χ2v) is 4.48. The van der Waals surface area contributed by atoms with Crippen LogP contribution in [0, 0.1) is 11.6 Å². The van der Waals surface area contributed by atoms with Crippen LogP contribution in [0.15, 0.2) is 47.3 Å². The van der Waals surface area contributed by atoms with E-state index in [2.05, 4.69) is 15.3 Å². The molecule has 0 aliphatic carbocycles. The summed E-state index contributed by atoms with van der Waals surface area (Å²) in [5.74, 6) is -1.54. The highest BCUT2D eigenvalue weighted by atomic mass is 19.2. The van der Waals surface area contributed by atoms with Crippen molar-refractivity contribution < 1.29 is 8.78 Å². The Kier molecular flexibility index (Phi) is 3.35. The van der Waals surface area contributed by atoms with Crippen molar-refractivity contribution in [3.8, 4) is 0 Å². The topological polar surface area (TPSA) is 57.8 Å². The molecule has 1 heterocycles. The molecule has 0 spiro atoms. The largest absolute Gasteiger partial charge is 0.375 e. The van der Waals surface area contributed by atoms with Gasteiger partial charge in [0.2, 0.25) is 0 Å². The van der Waals surface area contributed by atoms with Crippen molar-refractivity contribution in [2.75, 3.05) is 5.32 Å². The highest BCUT2D eigenvalue weighted by molar-refractivity contribution is 5.77. The monoisotopic (exact) mass is 287 g/mol. The molecular weight excluding hydrogens is 276 g/mol. The van der Waals surface area contributed by atoms with Gasteiger partial charge in [0.1, 0.15) is 5.82 Å². The molecule has 4 nitrogen and oxygen atoms in total. The number of para-hydroxylation sites is 1. The minimum absolute atomic E-state index is 0.0193. The molecule has 0 atom stereocenters. The van der Waals surface area contributed by atoms with Gasteiger partial charge in [-0.1, -0.05) is 18.2 Å². The van der Waals surface area contributed by atoms with E-state index in [1.54, 1.807) is 24.3 Å². The zero-order valence-electron chi connectivity index (χ0n) is 10.9. The van der Waals surface area contributed by atoms with E-state index < -0.39 is 11.6 Å². The number of rotatable bonds is 3. The van der Waals surface area contributed by atoms with E-state index >= 15 is 0 Å². The summed E-state index contributed by atoms with van der Waals surface area (Å²) in [6, 6.07) is 10.8. The predicted molar refractivity (Wildman–Crippen MR) is 76.0 cm³/mol. The van der Waals surface area contributed by atoms with Crippen LogP contribution in [-0.4, -0.2) is 9.97 Å². The minimum atomic E-state index is -0.958. The number of benzene rings is 2. The van der Waals surface area contributed by atoms with Gasteiger partial charge in [0.15, 0.2) is 11.6 Å². The average Bonchev–Trinajstić information content (AvgIpc) is 2.49. The van der Waals surface area contributed by atoms with Crippen LogP contribution in [0.5, 0.6) is 0 Å². The Morgan fingerprint density at radius 1 is 1.10 bits per heavy atom. The summed E-state index contributed by atoms with van der Waals surface area (Å²) in [5.41, 5.74) is 0.306. The highest BCUT2D eigenvalue weighted by Crippen LogP contribution is 2.17. The zero-order valence-corrected chi connectivity index (χ0v) is 10.9. The number of fused-ring (bicyclic) bond motifs is 1. The molecule has 21 heavy (non-hydrogen) atoms. The lowest BCUT2D eigenvalue weighted by Gasteiger charge is -2.08. The maximum Gasteiger partial charge on any atom is 0.258 e. The molecule has 0 aliphatic heterocycles. The molecule has 0 bridgehead atoms. The van der Waals surface area contributed by atoms with Crippen LogP contribution >= 0.6 is 0 Å². The molecule has 0 unspecified atom stereocenters. The zero-order chi connectivity index (χ0) is 14.8. The molecule has 3 rings (SSSR count). The second kappa shape index (κ2) is 5.32. The molecule has 2 N–H and O–H groups in total. The van der Waals surface area contributed by atoms with Crippen LogP contribution in [0.1, 0.15) is 5.82 Å². The Morgan fingerprint density at radius 2 is 1.90 bits per heavy atom. The lowest BCUT2D eigenvalue weighted by Crippen LogP contribution is -2.14. The van der Waals surface area contributed by atoms with Gasteiger partial charge in [0, 0.05) is 0 Å². The second-order valence-electron chi connectivity index (χ2n) is 4.48. The van der Waals surface area contributed by atoms with Gasteiger partial charge in [-0.3, -0.25) is 4.79 Å². The predicted octanol–water partition coefficient (Wildman–Crippen LogP) is 2.81. The average molecular weight is 287 g/mol. The van der Waals surface area contributed by atoms with Gasteiger partial charge in [-0.15, -0.1) is 0 Å². The Balaban J connectivity index is 1.89. The number of nitrogens with zero attached hydrogens (tertiary/aromatic N) is 1. The first-order chi connectivity index (χ1) is 10.1. The van der Waals surface area contributed by atoms with Crippen LogP contribution < -0.4 is 10.9 Å². The molecule has 0 fully saturated rings. The SMILES string of the molecule is O=c1[nH]c(CNc2cccc(F)c2F)nc2ccccc12. The first kappa shape index (κ1) is 13.2. The summed E-state index contributed by atoms with van der Waals surface area (Å²) in [6.45, 7) is 0.0838. The molecule has 106 valence electrons. The summed E-state index contributed by atoms with van der Waals surface area (Å²) in [5, 5.41) is 3.20. The van der Waals surface area contributed by atoms with Gasteiger partial charge >= 0.3 is 0 Å². The van der Waals surface area contributed by atoms with Crippen LogP contribution in [0.2, 0.25) is 0 Å². The third kappa shape index (κ3) is 2.60. The fraction of sp³-hybridized carbons (Fsp3) is 0.0667.